The number of carbonyl (C=O) groups excluding carboxylic acids is 1. The van der Waals surface area contributed by atoms with Gasteiger partial charge in [0, 0.05) is 13.0 Å². The first-order valence-corrected chi connectivity index (χ1v) is 7.09. The number of methoxy groups -OCH3 is 1. The summed E-state index contributed by atoms with van der Waals surface area (Å²) < 4.78 is 10.7. The van der Waals surface area contributed by atoms with Crippen LogP contribution in [0, 0.1) is 5.41 Å². The Morgan fingerprint density at radius 3 is 2.26 bits per heavy atom. The molecule has 4 nitrogen and oxygen atoms in total. The first-order chi connectivity index (χ1) is 8.64. The largest absolute Gasteiger partial charge is 0.468 e. The second-order valence-electron chi connectivity index (χ2n) is 6.55. The Hall–Kier alpha value is -0.610. The molecule has 0 saturated carbocycles. The molecule has 0 radical (unpaired) electrons. The van der Waals surface area contributed by atoms with Gasteiger partial charge in [0.25, 0.3) is 0 Å². The molecule has 0 spiro atoms. The summed E-state index contributed by atoms with van der Waals surface area (Å²) in [4.78, 5) is 11.9. The topological polar surface area (TPSA) is 47.6 Å². The van der Waals surface area contributed by atoms with Gasteiger partial charge in [0.15, 0.2) is 0 Å². The highest BCUT2D eigenvalue weighted by Gasteiger charge is 2.35. The molecule has 0 rings (SSSR count). The van der Waals surface area contributed by atoms with Crippen molar-refractivity contribution in [3.05, 3.63) is 0 Å². The van der Waals surface area contributed by atoms with Crippen molar-refractivity contribution in [2.75, 3.05) is 20.3 Å². The van der Waals surface area contributed by atoms with E-state index in [0.717, 1.165) is 13.0 Å². The molecular weight excluding hydrogens is 242 g/mol. The Balaban J connectivity index is 4.32. The van der Waals surface area contributed by atoms with Crippen LogP contribution in [0.15, 0.2) is 0 Å². The van der Waals surface area contributed by atoms with E-state index in [4.69, 9.17) is 9.47 Å². The van der Waals surface area contributed by atoms with Gasteiger partial charge in [0.2, 0.25) is 0 Å². The normalized spacial score (nSPS) is 16.8. The van der Waals surface area contributed by atoms with E-state index in [1.807, 2.05) is 20.8 Å². The Kier molecular flexibility index (Phi) is 7.60. The van der Waals surface area contributed by atoms with Crippen LogP contribution in [0.1, 0.15) is 54.4 Å². The van der Waals surface area contributed by atoms with Crippen molar-refractivity contribution in [3.8, 4) is 0 Å². The molecule has 0 bridgehead atoms. The highest BCUT2D eigenvalue weighted by atomic mass is 16.5. The highest BCUT2D eigenvalue weighted by molar-refractivity contribution is 5.80. The summed E-state index contributed by atoms with van der Waals surface area (Å²) in [5.74, 6) is -0.236. The van der Waals surface area contributed by atoms with Gasteiger partial charge in [-0.05, 0) is 32.2 Å². The lowest BCUT2D eigenvalue weighted by atomic mass is 9.92. The average Bonchev–Trinajstić information content (AvgIpc) is 2.26. The Bertz CT molecular complexity index is 273. The third kappa shape index (κ3) is 7.53. The van der Waals surface area contributed by atoms with E-state index in [2.05, 4.69) is 26.1 Å². The predicted molar refractivity (Wildman–Crippen MR) is 78.2 cm³/mol. The van der Waals surface area contributed by atoms with Crippen molar-refractivity contribution >= 4 is 5.97 Å². The fourth-order valence-corrected chi connectivity index (χ4v) is 2.04. The maximum absolute atomic E-state index is 11.9. The lowest BCUT2D eigenvalue weighted by molar-refractivity contribution is -0.149. The first kappa shape index (κ1) is 18.4. The molecule has 19 heavy (non-hydrogen) atoms. The summed E-state index contributed by atoms with van der Waals surface area (Å²) in [5.41, 5.74) is -0.405. The van der Waals surface area contributed by atoms with E-state index in [0.29, 0.717) is 13.0 Å². The molecule has 0 saturated heterocycles. The molecule has 0 fully saturated rings. The molecule has 0 amide bonds. The van der Waals surface area contributed by atoms with Gasteiger partial charge in [0.1, 0.15) is 5.54 Å². The van der Waals surface area contributed by atoms with E-state index >= 15 is 0 Å². The molecule has 1 N–H and O–H groups in total. The number of hydrogen-bond donors (Lipinski definition) is 1. The van der Waals surface area contributed by atoms with Crippen LogP contribution in [-0.2, 0) is 14.3 Å². The van der Waals surface area contributed by atoms with Crippen molar-refractivity contribution in [1.29, 1.82) is 0 Å². The average molecular weight is 273 g/mol. The third-order valence-electron chi connectivity index (χ3n) is 3.15. The van der Waals surface area contributed by atoms with Crippen LogP contribution in [0.3, 0.4) is 0 Å². The van der Waals surface area contributed by atoms with Crippen LogP contribution in [-0.4, -0.2) is 37.9 Å². The molecule has 0 aliphatic carbocycles. The van der Waals surface area contributed by atoms with E-state index in [-0.39, 0.29) is 17.5 Å². The van der Waals surface area contributed by atoms with Gasteiger partial charge >= 0.3 is 5.97 Å². The number of likely N-dealkylation sites (N-methyl/N-ethyl adjacent to an activating group) is 1. The number of rotatable bonds is 8. The zero-order chi connectivity index (χ0) is 15.1. The standard InChI is InChI=1S/C15H31NO3/c1-8-16-15(6,13(17)18-7)11-12(2)19-10-9-14(3,4)5/h12,16H,8-11H2,1-7H3. The minimum absolute atomic E-state index is 0.0190. The number of carbonyl (C=O) groups is 1. The predicted octanol–water partition coefficient (Wildman–Crippen LogP) is 2.76. The van der Waals surface area contributed by atoms with E-state index < -0.39 is 5.54 Å². The summed E-state index contributed by atoms with van der Waals surface area (Å²) in [6.45, 7) is 13.9. The minimum Gasteiger partial charge on any atom is -0.468 e. The quantitative estimate of drug-likeness (QED) is 0.691. The lowest BCUT2D eigenvalue weighted by Crippen LogP contribution is -2.52. The molecule has 0 aromatic carbocycles. The second-order valence-corrected chi connectivity index (χ2v) is 6.55. The van der Waals surface area contributed by atoms with E-state index in [9.17, 15) is 4.79 Å². The summed E-state index contributed by atoms with van der Waals surface area (Å²) in [5, 5.41) is 3.19. The first-order valence-electron chi connectivity index (χ1n) is 7.09. The molecular formula is C15H31NO3. The van der Waals surface area contributed by atoms with Crippen LogP contribution in [0.2, 0.25) is 0 Å². The van der Waals surface area contributed by atoms with Crippen LogP contribution in [0.4, 0.5) is 0 Å². The molecule has 114 valence electrons. The Morgan fingerprint density at radius 1 is 1.26 bits per heavy atom. The van der Waals surface area contributed by atoms with Crippen molar-refractivity contribution < 1.29 is 14.3 Å². The van der Waals surface area contributed by atoms with Crippen molar-refractivity contribution in [3.63, 3.8) is 0 Å². The van der Waals surface area contributed by atoms with Gasteiger partial charge in [-0.25, -0.2) is 0 Å². The number of ether oxygens (including phenoxy) is 2. The SMILES string of the molecule is CCNC(C)(CC(C)OCCC(C)(C)C)C(=O)OC. The van der Waals surface area contributed by atoms with Gasteiger partial charge in [0.05, 0.1) is 13.2 Å². The molecule has 2 atom stereocenters. The number of nitrogens with one attached hydrogen (secondary N) is 1. The third-order valence-corrected chi connectivity index (χ3v) is 3.15. The molecule has 2 unspecified atom stereocenters. The lowest BCUT2D eigenvalue weighted by Gasteiger charge is -2.30. The number of hydrogen-bond acceptors (Lipinski definition) is 4. The second kappa shape index (κ2) is 7.85. The molecule has 0 aliphatic rings. The fraction of sp³-hybridized carbons (Fsp3) is 0.933. The highest BCUT2D eigenvalue weighted by Crippen LogP contribution is 2.20. The summed E-state index contributed by atoms with van der Waals surface area (Å²) in [7, 11) is 1.42. The van der Waals surface area contributed by atoms with Gasteiger partial charge in [-0.3, -0.25) is 4.79 Å². The number of esters is 1. The summed E-state index contributed by atoms with van der Waals surface area (Å²) in [6.07, 6.45) is 1.64. The van der Waals surface area contributed by atoms with E-state index in [1.165, 1.54) is 7.11 Å². The molecule has 0 heterocycles. The Labute approximate surface area is 118 Å². The van der Waals surface area contributed by atoms with Gasteiger partial charge in [-0.1, -0.05) is 27.7 Å². The Morgan fingerprint density at radius 2 is 1.84 bits per heavy atom. The maximum Gasteiger partial charge on any atom is 0.325 e. The van der Waals surface area contributed by atoms with Gasteiger partial charge < -0.3 is 14.8 Å². The molecule has 0 aliphatic heterocycles. The van der Waals surface area contributed by atoms with E-state index in [1.54, 1.807) is 0 Å². The molecule has 4 heteroatoms. The fourth-order valence-electron chi connectivity index (χ4n) is 2.04. The minimum atomic E-state index is -0.676. The molecule has 0 aromatic heterocycles. The van der Waals surface area contributed by atoms with Crippen molar-refractivity contribution in [2.24, 2.45) is 5.41 Å². The summed E-state index contributed by atoms with van der Waals surface area (Å²) in [6, 6.07) is 0. The monoisotopic (exact) mass is 273 g/mol. The van der Waals surface area contributed by atoms with Crippen molar-refractivity contribution in [1.82, 2.24) is 5.32 Å². The maximum atomic E-state index is 11.9. The van der Waals surface area contributed by atoms with Crippen LogP contribution < -0.4 is 5.32 Å². The van der Waals surface area contributed by atoms with Gasteiger partial charge in [-0.2, -0.15) is 0 Å². The smallest absolute Gasteiger partial charge is 0.325 e. The molecule has 0 aromatic rings. The van der Waals surface area contributed by atoms with Crippen LogP contribution >= 0.6 is 0 Å². The summed E-state index contributed by atoms with van der Waals surface area (Å²) >= 11 is 0. The zero-order valence-corrected chi connectivity index (χ0v) is 13.6. The zero-order valence-electron chi connectivity index (χ0n) is 13.6. The van der Waals surface area contributed by atoms with Gasteiger partial charge in [-0.15, -0.1) is 0 Å². The van der Waals surface area contributed by atoms with Crippen LogP contribution in [0.25, 0.3) is 0 Å². The van der Waals surface area contributed by atoms with Crippen molar-refractivity contribution in [2.45, 2.75) is 66.0 Å². The van der Waals surface area contributed by atoms with Crippen LogP contribution in [0.5, 0.6) is 0 Å².